The second-order valence-corrected chi connectivity index (χ2v) is 21.8. The SMILES string of the molecule is CC[C@@H]1[C@@H](C)O[C@@](OC)([C@@H](C)[C@H](O)[C@H](C)[C@H]2OC(=O)/C=C/C=C/[C@H](C)[C@@H]([C@@H](C)[C@@H](O)[C@H](C)[C@@]3(OC)C[C@@H](O[C@H]4C[C@H](O)[C@H](O)[C@H](C)O4)[C@H](C)[C@@H](C)O3)OC(=O)/C=C/C=C/[C@@H]2C)C[C@H]1O[C@H]1C[C@H](O)[C@H](O)[C@H](C)O1. The summed E-state index contributed by atoms with van der Waals surface area (Å²) in [5, 5.41) is 65.9. The maximum absolute atomic E-state index is 13.6. The van der Waals surface area contributed by atoms with Gasteiger partial charge in [0.2, 0.25) is 0 Å². The lowest BCUT2D eigenvalue weighted by Crippen LogP contribution is -2.60. The number of carbonyl (C=O) groups excluding carboxylic acids is 2. The third kappa shape index (κ3) is 14.5. The molecule has 0 bridgehead atoms. The van der Waals surface area contributed by atoms with Crippen molar-refractivity contribution >= 4 is 11.9 Å². The summed E-state index contributed by atoms with van der Waals surface area (Å²) in [6.45, 7) is 22.1. The fourth-order valence-electron chi connectivity index (χ4n) is 11.7. The quantitative estimate of drug-likeness (QED) is 0.118. The van der Waals surface area contributed by atoms with E-state index in [4.69, 9.17) is 47.4 Å². The molecule has 0 aromatic heterocycles. The van der Waals surface area contributed by atoms with Crippen molar-refractivity contribution in [2.75, 3.05) is 14.2 Å². The second kappa shape index (κ2) is 26.6. The molecule has 6 N–H and O–H groups in total. The van der Waals surface area contributed by atoms with E-state index in [9.17, 15) is 40.2 Å². The Kier molecular flexibility index (Phi) is 22.3. The lowest BCUT2D eigenvalue weighted by Gasteiger charge is -2.52. The van der Waals surface area contributed by atoms with E-state index in [1.54, 1.807) is 52.0 Å². The average molecular weight is 1040 g/mol. The van der Waals surface area contributed by atoms with E-state index in [1.165, 1.54) is 38.5 Å². The summed E-state index contributed by atoms with van der Waals surface area (Å²) in [5.41, 5.74) is 0. The maximum Gasteiger partial charge on any atom is 0.331 e. The van der Waals surface area contributed by atoms with Crippen LogP contribution in [0.5, 0.6) is 0 Å². The van der Waals surface area contributed by atoms with Gasteiger partial charge >= 0.3 is 11.9 Å². The van der Waals surface area contributed by atoms with Crippen LogP contribution in [0.15, 0.2) is 48.6 Å². The molecule has 5 heterocycles. The van der Waals surface area contributed by atoms with Gasteiger partial charge in [-0.15, -0.1) is 0 Å². The van der Waals surface area contributed by atoms with Crippen LogP contribution in [-0.2, 0) is 57.0 Å². The van der Waals surface area contributed by atoms with Crippen LogP contribution in [0.3, 0.4) is 0 Å². The van der Waals surface area contributed by atoms with E-state index in [2.05, 4.69) is 0 Å². The van der Waals surface area contributed by atoms with Gasteiger partial charge in [-0.3, -0.25) is 0 Å². The summed E-state index contributed by atoms with van der Waals surface area (Å²) in [5.74, 6) is -7.76. The largest absolute Gasteiger partial charge is 0.458 e. The maximum atomic E-state index is 13.6. The van der Waals surface area contributed by atoms with Crippen LogP contribution in [0.25, 0.3) is 0 Å². The zero-order chi connectivity index (χ0) is 54.3. The summed E-state index contributed by atoms with van der Waals surface area (Å²) in [4.78, 5) is 27.2. The fraction of sp³-hybridized carbons (Fsp3) is 0.818. The molecule has 0 saturated carbocycles. The molecule has 5 rings (SSSR count). The van der Waals surface area contributed by atoms with Crippen LogP contribution in [0.1, 0.15) is 115 Å². The third-order valence-electron chi connectivity index (χ3n) is 16.9. The third-order valence-corrected chi connectivity index (χ3v) is 16.9. The molecule has 0 unspecified atom stereocenters. The predicted molar refractivity (Wildman–Crippen MR) is 268 cm³/mol. The Hall–Kier alpha value is -2.66. The molecule has 5 aliphatic rings. The molecule has 0 aliphatic carbocycles. The molecule has 4 fully saturated rings. The Morgan fingerprint density at radius 2 is 1.00 bits per heavy atom. The minimum absolute atomic E-state index is 0.0682. The molecule has 18 heteroatoms. The minimum Gasteiger partial charge on any atom is -0.458 e. The summed E-state index contributed by atoms with van der Waals surface area (Å²) >= 11 is 0. The second-order valence-electron chi connectivity index (χ2n) is 21.8. The highest BCUT2D eigenvalue weighted by atomic mass is 16.7. The summed E-state index contributed by atoms with van der Waals surface area (Å²) in [6.07, 6.45) is 1.30. The van der Waals surface area contributed by atoms with Gasteiger partial charge < -0.3 is 78.0 Å². The zero-order valence-electron chi connectivity index (χ0n) is 45.6. The number of ether oxygens (including phenoxy) is 10. The van der Waals surface area contributed by atoms with Crippen molar-refractivity contribution < 1.29 is 87.6 Å². The zero-order valence-corrected chi connectivity index (χ0v) is 45.6. The predicted octanol–water partition coefficient (Wildman–Crippen LogP) is 5.04. The van der Waals surface area contributed by atoms with Gasteiger partial charge in [0.15, 0.2) is 24.2 Å². The van der Waals surface area contributed by atoms with E-state index in [0.29, 0.717) is 6.42 Å². The number of methoxy groups -OCH3 is 2. The van der Waals surface area contributed by atoms with Crippen molar-refractivity contribution in [1.29, 1.82) is 0 Å². The van der Waals surface area contributed by atoms with Gasteiger partial charge in [0, 0.05) is 99.4 Å². The molecule has 0 spiro atoms. The van der Waals surface area contributed by atoms with Crippen LogP contribution in [0.4, 0.5) is 0 Å². The molecular weight excluding hydrogens is 949 g/mol. The van der Waals surface area contributed by atoms with Crippen molar-refractivity contribution in [2.45, 2.75) is 225 Å². The molecule has 18 nitrogen and oxygen atoms in total. The number of rotatable bonds is 15. The molecule has 0 aromatic rings. The van der Waals surface area contributed by atoms with Crippen LogP contribution in [-0.4, -0.2) is 166 Å². The van der Waals surface area contributed by atoms with Gasteiger partial charge in [-0.2, -0.15) is 0 Å². The van der Waals surface area contributed by atoms with Crippen LogP contribution in [0, 0.1) is 47.3 Å². The number of carbonyl (C=O) groups is 2. The normalized spacial score (nSPS) is 45.6. The first-order valence-corrected chi connectivity index (χ1v) is 26.6. The van der Waals surface area contributed by atoms with Gasteiger partial charge in [0.1, 0.15) is 24.4 Å². The van der Waals surface area contributed by atoms with Crippen molar-refractivity contribution in [3.8, 4) is 0 Å². The fourth-order valence-corrected chi connectivity index (χ4v) is 11.7. The standard InChI is InChI=1S/C55H90O18/c1-15-39-36(10)73-55(65-14,27-43(39)69-47-25-41(57)51(63)38(12)67-47)34(8)49(61)32(6)53-29(3)21-17-19-22-44(58)70-52(28(2)20-16-18-23-45(59)71-53)31(5)48(60)33(7)54(64-13)26-42(30(4)35(9)72-54)68-46-24-40(56)50(62)37(11)66-46/h16-23,28-43,46-53,56-57,60-63H,15,24-27H2,1-14H3/b20-16+,21-17+,22-19+,23-18+/t28-,29-,30+,31-,32-,33-,34-,35+,36+,37-,38-,39+,40-,41-,42+,43+,46-,47-,48+,49+,50+,51+,52-,53-,54+,55+/m0/s1. The molecule has 5 aliphatic heterocycles. The minimum atomic E-state index is -1.33. The molecule has 418 valence electrons. The van der Waals surface area contributed by atoms with Crippen molar-refractivity contribution in [3.63, 3.8) is 0 Å². The average Bonchev–Trinajstić information content (AvgIpc) is 3.35. The Balaban J connectivity index is 1.30. The first-order chi connectivity index (χ1) is 34.3. The lowest BCUT2D eigenvalue weighted by atomic mass is 9.76. The molecule has 0 amide bonds. The van der Waals surface area contributed by atoms with E-state index in [-0.39, 0.29) is 49.7 Å². The number of aliphatic hydroxyl groups is 6. The highest BCUT2D eigenvalue weighted by molar-refractivity contribution is 5.83. The van der Waals surface area contributed by atoms with E-state index < -0.39 is 145 Å². The molecular formula is C55H90O18. The Morgan fingerprint density at radius 1 is 0.603 bits per heavy atom. The number of hydrogen-bond acceptors (Lipinski definition) is 18. The molecule has 4 saturated heterocycles. The van der Waals surface area contributed by atoms with E-state index in [1.807, 2.05) is 55.4 Å². The Bertz CT molecular complexity index is 1850. The van der Waals surface area contributed by atoms with Crippen LogP contribution in [0.2, 0.25) is 0 Å². The highest BCUT2D eigenvalue weighted by Crippen LogP contribution is 2.46. The van der Waals surface area contributed by atoms with Gasteiger partial charge in [-0.25, -0.2) is 9.59 Å². The molecule has 73 heavy (non-hydrogen) atoms. The summed E-state index contributed by atoms with van der Waals surface area (Å²) in [7, 11) is 3.04. The van der Waals surface area contributed by atoms with Gasteiger partial charge in [0.25, 0.3) is 0 Å². The lowest BCUT2D eigenvalue weighted by molar-refractivity contribution is -0.352. The van der Waals surface area contributed by atoms with E-state index >= 15 is 0 Å². The van der Waals surface area contributed by atoms with Gasteiger partial charge in [-0.1, -0.05) is 91.8 Å². The number of esters is 2. The summed E-state index contributed by atoms with van der Waals surface area (Å²) < 4.78 is 62.5. The molecule has 0 radical (unpaired) electrons. The van der Waals surface area contributed by atoms with E-state index in [0.717, 1.165) is 0 Å². The topological polar surface area (TPSA) is 248 Å². The van der Waals surface area contributed by atoms with Gasteiger partial charge in [0.05, 0.1) is 61.0 Å². The first-order valence-electron chi connectivity index (χ1n) is 26.6. The number of aliphatic hydroxyl groups excluding tert-OH is 6. The Labute approximate surface area is 433 Å². The molecule has 0 aromatic carbocycles. The summed E-state index contributed by atoms with van der Waals surface area (Å²) in [6, 6.07) is 0. The van der Waals surface area contributed by atoms with Crippen molar-refractivity contribution in [1.82, 2.24) is 0 Å². The molecule has 26 atom stereocenters. The Morgan fingerprint density at radius 3 is 1.40 bits per heavy atom. The monoisotopic (exact) mass is 1040 g/mol. The smallest absolute Gasteiger partial charge is 0.331 e. The van der Waals surface area contributed by atoms with Crippen LogP contribution >= 0.6 is 0 Å². The number of cyclic esters (lactones) is 2. The van der Waals surface area contributed by atoms with Crippen molar-refractivity contribution in [2.24, 2.45) is 47.3 Å². The van der Waals surface area contributed by atoms with Crippen LogP contribution < -0.4 is 0 Å². The highest BCUT2D eigenvalue weighted by Gasteiger charge is 2.55. The first kappa shape index (κ1) is 61.2. The van der Waals surface area contributed by atoms with Crippen molar-refractivity contribution in [3.05, 3.63) is 48.6 Å². The van der Waals surface area contributed by atoms with Gasteiger partial charge in [-0.05, 0) is 34.1 Å². The number of hydrogen-bond donors (Lipinski definition) is 6. The number of allylic oxidation sites excluding steroid dienone is 4.